The number of imidazole rings is 1. The van der Waals surface area contributed by atoms with E-state index in [-0.39, 0.29) is 30.4 Å². The number of nitrogens with zero attached hydrogens (tertiary/aromatic N) is 4. The van der Waals surface area contributed by atoms with E-state index in [9.17, 15) is 14.7 Å². The molecule has 3 rings (SSSR count). The average molecular weight is 480 g/mol. The highest BCUT2D eigenvalue weighted by Gasteiger charge is 2.21. The quantitative estimate of drug-likeness (QED) is 0.403. The van der Waals surface area contributed by atoms with Gasteiger partial charge in [-0.25, -0.2) is 4.79 Å². The van der Waals surface area contributed by atoms with Crippen molar-refractivity contribution in [1.82, 2.24) is 18.7 Å². The first-order valence-electron chi connectivity index (χ1n) is 10.8. The number of aliphatic hydroxyl groups is 1. The normalized spacial score (nSPS) is 12.5. The Morgan fingerprint density at radius 2 is 1.85 bits per heavy atom. The van der Waals surface area contributed by atoms with Crippen LogP contribution in [0.15, 0.2) is 33.9 Å². The fourth-order valence-corrected chi connectivity index (χ4v) is 3.46. The van der Waals surface area contributed by atoms with Crippen LogP contribution in [0.25, 0.3) is 11.2 Å². The first-order valence-corrected chi connectivity index (χ1v) is 11.1. The third kappa shape index (κ3) is 5.95. The zero-order valence-corrected chi connectivity index (χ0v) is 20.0. The van der Waals surface area contributed by atoms with Crippen molar-refractivity contribution in [3.8, 4) is 5.75 Å². The molecule has 180 valence electrons. The average Bonchev–Trinajstić information content (AvgIpc) is 3.13. The molecule has 0 radical (unpaired) electrons. The van der Waals surface area contributed by atoms with Crippen molar-refractivity contribution < 1.29 is 14.6 Å². The molecule has 0 saturated carbocycles. The summed E-state index contributed by atoms with van der Waals surface area (Å²) in [5, 5.41) is 14.4. The summed E-state index contributed by atoms with van der Waals surface area (Å²) in [7, 11) is 2.97. The van der Waals surface area contributed by atoms with Gasteiger partial charge in [0, 0.05) is 32.3 Å². The Bertz CT molecular complexity index is 1200. The highest BCUT2D eigenvalue weighted by molar-refractivity contribution is 6.30. The van der Waals surface area contributed by atoms with Gasteiger partial charge in [-0.1, -0.05) is 11.6 Å². The van der Waals surface area contributed by atoms with Crippen LogP contribution in [0.2, 0.25) is 5.02 Å². The summed E-state index contributed by atoms with van der Waals surface area (Å²) in [6, 6.07) is 6.81. The van der Waals surface area contributed by atoms with Crippen LogP contribution >= 0.6 is 11.6 Å². The minimum Gasteiger partial charge on any atom is -0.491 e. The van der Waals surface area contributed by atoms with Crippen LogP contribution in [0, 0.1) is 0 Å². The lowest BCUT2D eigenvalue weighted by atomic mass is 10.3. The largest absolute Gasteiger partial charge is 0.491 e. The molecule has 1 unspecified atom stereocenters. The molecule has 0 fully saturated rings. The number of hydrogen-bond donors (Lipinski definition) is 2. The molecule has 0 aliphatic carbocycles. The van der Waals surface area contributed by atoms with Crippen LogP contribution < -0.4 is 21.3 Å². The maximum absolute atomic E-state index is 12.9. The zero-order valence-electron chi connectivity index (χ0n) is 19.2. The standard InChI is InChI=1S/C22H30ClN5O5/c1-14(2)32-11-5-10-24-21-25-19-18(20(30)27(4)22(31)26(19)3)28(21)12-16(29)13-33-17-8-6-15(23)7-9-17/h6-9,14,16,29H,5,10-13H2,1-4H3,(H,24,25). The van der Waals surface area contributed by atoms with E-state index in [1.165, 1.54) is 11.6 Å². The van der Waals surface area contributed by atoms with Crippen LogP contribution in [0.3, 0.4) is 0 Å². The summed E-state index contributed by atoms with van der Waals surface area (Å²) in [5.74, 6) is 0.953. The Morgan fingerprint density at radius 3 is 2.52 bits per heavy atom. The highest BCUT2D eigenvalue weighted by atomic mass is 35.5. The van der Waals surface area contributed by atoms with Gasteiger partial charge in [-0.3, -0.25) is 13.9 Å². The smallest absolute Gasteiger partial charge is 0.332 e. The summed E-state index contributed by atoms with van der Waals surface area (Å²) >= 11 is 5.88. The molecule has 0 amide bonds. The van der Waals surface area contributed by atoms with Crippen molar-refractivity contribution in [2.45, 2.75) is 39.0 Å². The first kappa shape index (κ1) is 24.8. The number of rotatable bonds is 11. The SMILES string of the molecule is CC(C)OCCCNc1nc2c(c(=O)n(C)c(=O)n2C)n1CC(O)COc1ccc(Cl)cc1. The maximum Gasteiger partial charge on any atom is 0.332 e. The molecule has 2 heterocycles. The molecule has 3 aromatic rings. The van der Waals surface area contributed by atoms with Crippen LogP contribution in [-0.4, -0.2) is 55.8 Å². The van der Waals surface area contributed by atoms with Gasteiger partial charge in [0.15, 0.2) is 11.2 Å². The van der Waals surface area contributed by atoms with Gasteiger partial charge in [0.05, 0.1) is 12.6 Å². The minimum absolute atomic E-state index is 0.00491. The van der Waals surface area contributed by atoms with Crippen LogP contribution in [0.1, 0.15) is 20.3 Å². The van der Waals surface area contributed by atoms with Crippen molar-refractivity contribution in [2.24, 2.45) is 14.1 Å². The molecule has 1 atom stereocenters. The lowest BCUT2D eigenvalue weighted by Crippen LogP contribution is -2.38. The fraction of sp³-hybridized carbons (Fsp3) is 0.500. The maximum atomic E-state index is 12.9. The predicted octanol–water partition coefficient (Wildman–Crippen LogP) is 1.75. The van der Waals surface area contributed by atoms with Crippen LogP contribution in [0.4, 0.5) is 5.95 Å². The van der Waals surface area contributed by atoms with Crippen LogP contribution in [-0.2, 0) is 25.4 Å². The van der Waals surface area contributed by atoms with E-state index in [0.29, 0.717) is 29.9 Å². The summed E-state index contributed by atoms with van der Waals surface area (Å²) < 4.78 is 15.1. The lowest BCUT2D eigenvalue weighted by Gasteiger charge is -2.16. The second-order valence-electron chi connectivity index (χ2n) is 8.04. The monoisotopic (exact) mass is 479 g/mol. The lowest BCUT2D eigenvalue weighted by molar-refractivity contribution is 0.0786. The van der Waals surface area contributed by atoms with E-state index in [1.54, 1.807) is 35.9 Å². The zero-order chi connectivity index (χ0) is 24.1. The number of aryl methyl sites for hydroxylation is 1. The molecule has 0 saturated heterocycles. The summed E-state index contributed by atoms with van der Waals surface area (Å²) in [6.45, 7) is 5.09. The Morgan fingerprint density at radius 1 is 1.15 bits per heavy atom. The predicted molar refractivity (Wildman–Crippen MR) is 127 cm³/mol. The Balaban J connectivity index is 1.84. The number of ether oxygens (including phenoxy) is 2. The fourth-order valence-electron chi connectivity index (χ4n) is 3.34. The second-order valence-corrected chi connectivity index (χ2v) is 8.48. The van der Waals surface area contributed by atoms with E-state index in [1.807, 2.05) is 13.8 Å². The van der Waals surface area contributed by atoms with Gasteiger partial charge < -0.3 is 24.5 Å². The first-order chi connectivity index (χ1) is 15.7. The van der Waals surface area contributed by atoms with Gasteiger partial charge in [0.25, 0.3) is 5.56 Å². The summed E-state index contributed by atoms with van der Waals surface area (Å²) in [6.07, 6.45) is -0.0756. The summed E-state index contributed by atoms with van der Waals surface area (Å²) in [4.78, 5) is 29.7. The second kappa shape index (κ2) is 10.9. The molecule has 33 heavy (non-hydrogen) atoms. The van der Waals surface area contributed by atoms with Gasteiger partial charge >= 0.3 is 5.69 Å². The molecule has 0 spiro atoms. The number of halogens is 1. The molecule has 2 N–H and O–H groups in total. The third-order valence-electron chi connectivity index (χ3n) is 5.05. The molecular formula is C22H30ClN5O5. The number of benzene rings is 1. The molecule has 0 bridgehead atoms. The van der Waals surface area contributed by atoms with E-state index in [0.717, 1.165) is 11.0 Å². The van der Waals surface area contributed by atoms with Crippen molar-refractivity contribution in [2.75, 3.05) is 25.1 Å². The van der Waals surface area contributed by atoms with Gasteiger partial charge in [-0.2, -0.15) is 4.98 Å². The Hall–Kier alpha value is -2.82. The Labute approximate surface area is 196 Å². The molecule has 2 aromatic heterocycles. The highest BCUT2D eigenvalue weighted by Crippen LogP contribution is 2.18. The van der Waals surface area contributed by atoms with Crippen molar-refractivity contribution in [3.63, 3.8) is 0 Å². The van der Waals surface area contributed by atoms with E-state index in [2.05, 4.69) is 10.3 Å². The molecule has 10 nitrogen and oxygen atoms in total. The number of fused-ring (bicyclic) bond motifs is 1. The third-order valence-corrected chi connectivity index (χ3v) is 5.30. The molecular weight excluding hydrogens is 450 g/mol. The van der Waals surface area contributed by atoms with Gasteiger partial charge in [-0.15, -0.1) is 0 Å². The topological polar surface area (TPSA) is 113 Å². The van der Waals surface area contributed by atoms with Crippen molar-refractivity contribution >= 4 is 28.7 Å². The number of nitrogens with one attached hydrogen (secondary N) is 1. The van der Waals surface area contributed by atoms with Gasteiger partial charge in [0.2, 0.25) is 5.95 Å². The number of hydrogen-bond acceptors (Lipinski definition) is 7. The molecule has 0 aliphatic rings. The van der Waals surface area contributed by atoms with Crippen LogP contribution in [0.5, 0.6) is 5.75 Å². The number of anilines is 1. The number of aromatic nitrogens is 4. The molecule has 0 aliphatic heterocycles. The van der Waals surface area contributed by atoms with Gasteiger partial charge in [0.1, 0.15) is 18.5 Å². The number of aliphatic hydroxyl groups excluding tert-OH is 1. The van der Waals surface area contributed by atoms with Crippen molar-refractivity contribution in [3.05, 3.63) is 50.1 Å². The van der Waals surface area contributed by atoms with Gasteiger partial charge in [-0.05, 0) is 44.5 Å². The molecule has 1 aromatic carbocycles. The summed E-state index contributed by atoms with van der Waals surface area (Å²) in [5.41, 5.74) is -0.482. The van der Waals surface area contributed by atoms with E-state index >= 15 is 0 Å². The van der Waals surface area contributed by atoms with E-state index in [4.69, 9.17) is 21.1 Å². The van der Waals surface area contributed by atoms with Crippen molar-refractivity contribution in [1.29, 1.82) is 0 Å². The molecule has 11 heteroatoms. The minimum atomic E-state index is -0.940. The Kier molecular flexibility index (Phi) is 8.17. The van der Waals surface area contributed by atoms with E-state index < -0.39 is 17.4 Å².